The van der Waals surface area contributed by atoms with Crippen molar-refractivity contribution < 1.29 is 17.6 Å². The number of rotatable bonds is 6. The van der Waals surface area contributed by atoms with Gasteiger partial charge in [-0.2, -0.15) is 0 Å². The van der Waals surface area contributed by atoms with E-state index in [0.29, 0.717) is 22.6 Å². The molecule has 5 nitrogen and oxygen atoms in total. The van der Waals surface area contributed by atoms with Gasteiger partial charge in [0.25, 0.3) is 10.0 Å². The molecule has 2 aromatic carbocycles. The highest BCUT2D eigenvalue weighted by Gasteiger charge is 2.27. The fraction of sp³-hybridized carbons (Fsp3) is 0.214. The number of benzene rings is 2. The molecule has 5 rings (SSSR count). The van der Waals surface area contributed by atoms with Gasteiger partial charge in [-0.1, -0.05) is 61.4 Å². The largest absolute Gasteiger partial charge is 0.295 e. The molecule has 4 aromatic rings. The Kier molecular flexibility index (Phi) is 6.11. The molecule has 1 saturated carbocycles. The standard InChI is InChI=1S/C28H25FN2O3S/c1-19(32)21-11-13-22(14-12-21)26(15-20-7-5-6-8-20)27-17-23-16-24(29)18-30-28(23)31(27)35(33,34)25-9-3-2-4-10-25/h2-4,9-18,20H,5-8H2,1H3. The van der Waals surface area contributed by atoms with Gasteiger partial charge in [0.1, 0.15) is 5.82 Å². The molecule has 35 heavy (non-hydrogen) atoms. The second-order valence-electron chi connectivity index (χ2n) is 8.94. The average molecular weight is 489 g/mol. The van der Waals surface area contributed by atoms with Gasteiger partial charge >= 0.3 is 0 Å². The molecule has 0 bridgehead atoms. The molecule has 0 saturated heterocycles. The van der Waals surface area contributed by atoms with Crippen LogP contribution in [0.1, 0.15) is 54.2 Å². The first-order valence-electron chi connectivity index (χ1n) is 11.7. The number of halogens is 1. The van der Waals surface area contributed by atoms with Crippen molar-refractivity contribution in [3.05, 3.63) is 102 Å². The third-order valence-electron chi connectivity index (χ3n) is 6.53. The molecule has 2 heterocycles. The van der Waals surface area contributed by atoms with Crippen LogP contribution in [0.4, 0.5) is 4.39 Å². The summed E-state index contributed by atoms with van der Waals surface area (Å²) in [7, 11) is -4.04. The number of carbonyl (C=O) groups excluding carboxylic acids is 1. The summed E-state index contributed by atoms with van der Waals surface area (Å²) in [5.74, 6) is -0.281. The predicted molar refractivity (Wildman–Crippen MR) is 134 cm³/mol. The van der Waals surface area contributed by atoms with Crippen LogP contribution in [0.2, 0.25) is 0 Å². The summed E-state index contributed by atoms with van der Waals surface area (Å²) in [6.07, 6.45) is 7.44. The third kappa shape index (κ3) is 4.44. The number of hydrogen-bond donors (Lipinski definition) is 0. The highest BCUT2D eigenvalue weighted by atomic mass is 32.2. The molecule has 0 N–H and O–H groups in total. The SMILES string of the molecule is CC(=O)c1ccc(C(=CC2CCCC2)c2cc3cc(F)cnc3n2S(=O)(=O)c2ccccc2)cc1. The van der Waals surface area contributed by atoms with E-state index >= 15 is 0 Å². The van der Waals surface area contributed by atoms with Crippen LogP contribution in [0.25, 0.3) is 16.6 Å². The van der Waals surface area contributed by atoms with Crippen LogP contribution in [0.5, 0.6) is 0 Å². The van der Waals surface area contributed by atoms with Crippen LogP contribution in [0.3, 0.4) is 0 Å². The summed E-state index contributed by atoms with van der Waals surface area (Å²) < 4.78 is 43.1. The van der Waals surface area contributed by atoms with E-state index in [4.69, 9.17) is 0 Å². The molecule has 0 atom stereocenters. The minimum atomic E-state index is -4.04. The second-order valence-corrected chi connectivity index (χ2v) is 10.7. The maximum Gasteiger partial charge on any atom is 0.269 e. The smallest absolute Gasteiger partial charge is 0.269 e. The van der Waals surface area contributed by atoms with Gasteiger partial charge in [0, 0.05) is 16.5 Å². The van der Waals surface area contributed by atoms with Crippen molar-refractivity contribution in [1.82, 2.24) is 8.96 Å². The molecule has 1 aliphatic rings. The molecule has 0 radical (unpaired) electrons. The molecule has 2 aromatic heterocycles. The lowest BCUT2D eigenvalue weighted by Gasteiger charge is -2.16. The topological polar surface area (TPSA) is 69.0 Å². The summed E-state index contributed by atoms with van der Waals surface area (Å²) in [6.45, 7) is 1.51. The molecular formula is C28H25FN2O3S. The monoisotopic (exact) mass is 488 g/mol. The Morgan fingerprint density at radius 2 is 1.66 bits per heavy atom. The minimum Gasteiger partial charge on any atom is -0.295 e. The van der Waals surface area contributed by atoms with Crippen molar-refractivity contribution in [2.75, 3.05) is 0 Å². The van der Waals surface area contributed by atoms with E-state index in [1.54, 1.807) is 36.4 Å². The fourth-order valence-electron chi connectivity index (χ4n) is 4.75. The normalized spacial score (nSPS) is 15.1. The Balaban J connectivity index is 1.79. The van der Waals surface area contributed by atoms with Crippen LogP contribution in [-0.4, -0.2) is 23.2 Å². The number of carbonyl (C=O) groups is 1. The van der Waals surface area contributed by atoms with Gasteiger partial charge in [0.05, 0.1) is 16.8 Å². The van der Waals surface area contributed by atoms with E-state index in [1.165, 1.54) is 29.1 Å². The molecule has 1 aliphatic carbocycles. The summed E-state index contributed by atoms with van der Waals surface area (Å²) in [5.41, 5.74) is 2.68. The lowest BCUT2D eigenvalue weighted by atomic mass is 9.95. The zero-order valence-electron chi connectivity index (χ0n) is 19.3. The highest BCUT2D eigenvalue weighted by molar-refractivity contribution is 7.90. The lowest BCUT2D eigenvalue weighted by molar-refractivity contribution is 0.101. The minimum absolute atomic E-state index is 0.0432. The molecule has 0 aliphatic heterocycles. The summed E-state index contributed by atoms with van der Waals surface area (Å²) in [5, 5.41) is 0.400. The fourth-order valence-corrected chi connectivity index (χ4v) is 6.25. The highest BCUT2D eigenvalue weighted by Crippen LogP contribution is 2.36. The number of nitrogens with zero attached hydrogens (tertiary/aromatic N) is 2. The van der Waals surface area contributed by atoms with Gasteiger partial charge in [0.15, 0.2) is 11.4 Å². The molecule has 1 fully saturated rings. The van der Waals surface area contributed by atoms with E-state index in [0.717, 1.165) is 43.0 Å². The first kappa shape index (κ1) is 23.2. The number of Topliss-reactive ketones (excluding diaryl/α,β-unsaturated/α-hetero) is 1. The Morgan fingerprint density at radius 3 is 2.31 bits per heavy atom. The average Bonchev–Trinajstić information content (AvgIpc) is 3.50. The quantitative estimate of drug-likeness (QED) is 0.301. The Morgan fingerprint density at radius 1 is 1.00 bits per heavy atom. The first-order chi connectivity index (χ1) is 16.8. The molecule has 0 amide bonds. The van der Waals surface area contributed by atoms with Crippen LogP contribution >= 0.6 is 0 Å². The van der Waals surface area contributed by atoms with E-state index in [-0.39, 0.29) is 16.3 Å². The molecule has 7 heteroatoms. The molecule has 0 unspecified atom stereocenters. The maximum atomic E-state index is 14.1. The van der Waals surface area contributed by atoms with Gasteiger partial charge in [-0.05, 0) is 55.5 Å². The number of ketones is 1. The number of aromatic nitrogens is 2. The Hall–Kier alpha value is -3.58. The van der Waals surface area contributed by atoms with Crippen molar-refractivity contribution in [3.63, 3.8) is 0 Å². The van der Waals surface area contributed by atoms with Crippen molar-refractivity contribution in [2.45, 2.75) is 37.5 Å². The predicted octanol–water partition coefficient (Wildman–Crippen LogP) is 6.24. The Bertz CT molecular complexity index is 1530. The van der Waals surface area contributed by atoms with Crippen LogP contribution in [0, 0.1) is 11.7 Å². The first-order valence-corrected chi connectivity index (χ1v) is 13.1. The van der Waals surface area contributed by atoms with Crippen molar-refractivity contribution in [3.8, 4) is 0 Å². The summed E-state index contributed by atoms with van der Waals surface area (Å²) in [6, 6.07) is 18.3. The van der Waals surface area contributed by atoms with E-state index in [2.05, 4.69) is 11.1 Å². The second kappa shape index (κ2) is 9.23. The van der Waals surface area contributed by atoms with Crippen LogP contribution in [0.15, 0.2) is 83.9 Å². The number of pyridine rings is 1. The van der Waals surface area contributed by atoms with Gasteiger partial charge in [0.2, 0.25) is 0 Å². The third-order valence-corrected chi connectivity index (χ3v) is 8.25. The van der Waals surface area contributed by atoms with Crippen molar-refractivity contribution >= 4 is 32.4 Å². The van der Waals surface area contributed by atoms with E-state index in [1.807, 2.05) is 12.1 Å². The van der Waals surface area contributed by atoms with Gasteiger partial charge in [-0.3, -0.25) is 4.79 Å². The van der Waals surface area contributed by atoms with Gasteiger partial charge < -0.3 is 0 Å². The number of allylic oxidation sites excluding steroid dienone is 1. The molecular weight excluding hydrogens is 463 g/mol. The lowest BCUT2D eigenvalue weighted by Crippen LogP contribution is -2.16. The van der Waals surface area contributed by atoms with Gasteiger partial charge in [-0.25, -0.2) is 21.8 Å². The molecule has 178 valence electrons. The van der Waals surface area contributed by atoms with E-state index < -0.39 is 15.8 Å². The van der Waals surface area contributed by atoms with Crippen molar-refractivity contribution in [1.29, 1.82) is 0 Å². The van der Waals surface area contributed by atoms with Crippen LogP contribution in [-0.2, 0) is 10.0 Å². The van der Waals surface area contributed by atoms with Gasteiger partial charge in [-0.15, -0.1) is 0 Å². The summed E-state index contributed by atoms with van der Waals surface area (Å²) >= 11 is 0. The van der Waals surface area contributed by atoms with Crippen LogP contribution < -0.4 is 0 Å². The maximum absolute atomic E-state index is 14.1. The zero-order chi connectivity index (χ0) is 24.6. The Labute approximate surface area is 204 Å². The summed E-state index contributed by atoms with van der Waals surface area (Å²) in [4.78, 5) is 16.1. The zero-order valence-corrected chi connectivity index (χ0v) is 20.1. The number of hydrogen-bond acceptors (Lipinski definition) is 4. The van der Waals surface area contributed by atoms with E-state index in [9.17, 15) is 17.6 Å². The number of fused-ring (bicyclic) bond motifs is 1. The van der Waals surface area contributed by atoms with Crippen molar-refractivity contribution in [2.24, 2.45) is 5.92 Å². The molecule has 0 spiro atoms.